The van der Waals surface area contributed by atoms with E-state index in [4.69, 9.17) is 22.1 Å². The lowest BCUT2D eigenvalue weighted by atomic mass is 9.97. The van der Waals surface area contributed by atoms with Crippen LogP contribution in [0.1, 0.15) is 11.3 Å². The summed E-state index contributed by atoms with van der Waals surface area (Å²) in [6.45, 7) is 5.44. The lowest BCUT2D eigenvalue weighted by Crippen LogP contribution is -2.19. The summed E-state index contributed by atoms with van der Waals surface area (Å²) in [5.41, 5.74) is 11.3. The van der Waals surface area contributed by atoms with Crippen molar-refractivity contribution in [2.75, 3.05) is 5.73 Å². The highest BCUT2D eigenvalue weighted by Crippen LogP contribution is 2.50. The van der Waals surface area contributed by atoms with Gasteiger partial charge in [-0.25, -0.2) is 19.3 Å². The summed E-state index contributed by atoms with van der Waals surface area (Å²) in [4.78, 5) is 25.2. The van der Waals surface area contributed by atoms with Crippen molar-refractivity contribution in [3.8, 4) is 44.5 Å². The summed E-state index contributed by atoms with van der Waals surface area (Å²) < 4.78 is 24.2. The van der Waals surface area contributed by atoms with Gasteiger partial charge in [0.15, 0.2) is 0 Å². The van der Waals surface area contributed by atoms with Crippen LogP contribution in [0.4, 0.5) is 10.2 Å². The minimum Gasteiger partial charge on any atom is -0.423 e. The highest BCUT2D eigenvalue weighted by Gasteiger charge is 2.24. The van der Waals surface area contributed by atoms with Crippen molar-refractivity contribution in [1.29, 1.82) is 0 Å². The van der Waals surface area contributed by atoms with Crippen molar-refractivity contribution in [3.63, 3.8) is 0 Å². The molecule has 4 heterocycles. The number of nitrogens with zero attached hydrogens (tertiary/aromatic N) is 5. The number of halogens is 2. The molecule has 6 rings (SSSR count). The molecule has 0 bridgehead atoms. The van der Waals surface area contributed by atoms with Gasteiger partial charge in [-0.1, -0.05) is 36.4 Å². The summed E-state index contributed by atoms with van der Waals surface area (Å²) in [6, 6.07) is 12.1. The quantitative estimate of drug-likeness (QED) is 0.173. The second-order valence-corrected chi connectivity index (χ2v) is 11.4. The van der Waals surface area contributed by atoms with Crippen LogP contribution < -0.4 is 15.8 Å². The average molecular weight is 626 g/mol. The highest BCUT2D eigenvalue weighted by molar-refractivity contribution is 7.23. The zero-order valence-electron chi connectivity index (χ0n) is 23.6. The van der Waals surface area contributed by atoms with Gasteiger partial charge in [-0.2, -0.15) is 5.10 Å². The lowest BCUT2D eigenvalue weighted by Gasteiger charge is -2.12. The number of benzene rings is 2. The van der Waals surface area contributed by atoms with E-state index in [-0.39, 0.29) is 18.5 Å². The molecule has 0 fully saturated rings. The number of aromatic nitrogens is 5. The van der Waals surface area contributed by atoms with Gasteiger partial charge in [0, 0.05) is 75.1 Å². The monoisotopic (exact) mass is 625 g/mol. The molecule has 0 aliphatic carbocycles. The normalized spacial score (nSPS) is 11.1. The molecule has 0 atom stereocenters. The minimum absolute atomic E-state index is 0.158. The average Bonchev–Trinajstić information content (AvgIpc) is 3.62. The highest BCUT2D eigenvalue weighted by atomic mass is 35.5. The number of pyridine rings is 1. The fraction of sp³-hybridized carbons (Fsp3) is 0.0938. The summed E-state index contributed by atoms with van der Waals surface area (Å²) >= 11 is 8.13. The molecule has 0 saturated carbocycles. The molecular weight excluding hydrogens is 601 g/mol. The van der Waals surface area contributed by atoms with Crippen molar-refractivity contribution < 1.29 is 13.9 Å². The number of carbonyl (C=O) groups excluding carboxylic acids is 1. The number of rotatable bonds is 8. The number of fused-ring (bicyclic) bond motifs is 1. The molecule has 44 heavy (non-hydrogen) atoms. The van der Waals surface area contributed by atoms with Crippen molar-refractivity contribution >= 4 is 44.7 Å². The molecule has 1 amide bonds. The molecule has 3 N–H and O–H groups in total. The van der Waals surface area contributed by atoms with Crippen LogP contribution in [-0.2, 0) is 18.4 Å². The van der Waals surface area contributed by atoms with E-state index in [0.717, 1.165) is 21.5 Å². The van der Waals surface area contributed by atoms with Gasteiger partial charge in [0.25, 0.3) is 0 Å². The Balaban J connectivity index is 1.52. The predicted molar refractivity (Wildman–Crippen MR) is 171 cm³/mol. The fourth-order valence-electron chi connectivity index (χ4n) is 4.78. The summed E-state index contributed by atoms with van der Waals surface area (Å²) in [7, 11) is 1.83. The number of hydrogen-bond acceptors (Lipinski definition) is 8. The number of amides is 1. The molecule has 220 valence electrons. The Morgan fingerprint density at radius 2 is 2.00 bits per heavy atom. The molecule has 0 spiro atoms. The third-order valence-corrected chi connectivity index (χ3v) is 8.43. The van der Waals surface area contributed by atoms with E-state index in [2.05, 4.69) is 31.9 Å². The van der Waals surface area contributed by atoms with Crippen LogP contribution in [0.5, 0.6) is 11.8 Å². The molecule has 9 nitrogen and oxygen atoms in total. The Kier molecular flexibility index (Phi) is 7.81. The largest absolute Gasteiger partial charge is 0.423 e. The van der Waals surface area contributed by atoms with Gasteiger partial charge in [0.1, 0.15) is 17.4 Å². The third kappa shape index (κ3) is 5.62. The molecule has 0 radical (unpaired) electrons. The first-order valence-electron chi connectivity index (χ1n) is 13.4. The molecule has 2 aromatic carbocycles. The van der Waals surface area contributed by atoms with Gasteiger partial charge in [0.05, 0.1) is 11.2 Å². The number of thiophene rings is 1. The van der Waals surface area contributed by atoms with Crippen molar-refractivity contribution in [1.82, 2.24) is 30.0 Å². The smallest absolute Gasteiger partial charge is 0.322 e. The summed E-state index contributed by atoms with van der Waals surface area (Å²) in [5.74, 6) is -0.147. The van der Waals surface area contributed by atoms with Gasteiger partial charge in [0.2, 0.25) is 5.91 Å². The van der Waals surface area contributed by atoms with Crippen molar-refractivity contribution in [3.05, 3.63) is 102 Å². The zero-order valence-corrected chi connectivity index (χ0v) is 25.2. The first kappa shape index (κ1) is 29.0. The second kappa shape index (κ2) is 11.9. The van der Waals surface area contributed by atoms with Gasteiger partial charge < -0.3 is 15.8 Å². The van der Waals surface area contributed by atoms with Gasteiger partial charge >= 0.3 is 6.01 Å². The zero-order chi connectivity index (χ0) is 31.0. The number of nitrogen functional groups attached to an aromatic ring is 1. The van der Waals surface area contributed by atoms with Crippen LogP contribution in [0, 0.1) is 12.7 Å². The number of carbonyl (C=O) groups is 1. The maximum Gasteiger partial charge on any atom is 0.322 e. The maximum atomic E-state index is 15.9. The van der Waals surface area contributed by atoms with Crippen LogP contribution >= 0.6 is 22.9 Å². The SMILES string of the molecule is C=CC(=O)NCc1ccc(-c2sc3c(-c4cnn(C)c4)cnc(N)c3c2-c2ccc(Oc3nccc(C)n3)c(Cl)c2)c(F)c1. The van der Waals surface area contributed by atoms with Crippen LogP contribution in [0.2, 0.25) is 5.02 Å². The summed E-state index contributed by atoms with van der Waals surface area (Å²) in [6.07, 6.45) is 8.10. The van der Waals surface area contributed by atoms with Crippen molar-refractivity contribution in [2.24, 2.45) is 7.05 Å². The number of nitrogens with two attached hydrogens (primary N) is 1. The first-order chi connectivity index (χ1) is 21.2. The van der Waals surface area contributed by atoms with Crippen molar-refractivity contribution in [2.45, 2.75) is 13.5 Å². The third-order valence-electron chi connectivity index (χ3n) is 6.88. The number of hydrogen-bond donors (Lipinski definition) is 2. The maximum absolute atomic E-state index is 15.9. The predicted octanol–water partition coefficient (Wildman–Crippen LogP) is 7.10. The van der Waals surface area contributed by atoms with E-state index in [1.165, 1.54) is 23.5 Å². The van der Waals surface area contributed by atoms with E-state index >= 15 is 4.39 Å². The minimum atomic E-state index is -0.458. The lowest BCUT2D eigenvalue weighted by molar-refractivity contribution is -0.116. The number of ether oxygens (including phenoxy) is 1. The summed E-state index contributed by atoms with van der Waals surface area (Å²) in [5, 5.41) is 7.96. The molecule has 4 aromatic heterocycles. The molecular formula is C32H25ClFN7O2S. The Bertz CT molecular complexity index is 2070. The van der Waals surface area contributed by atoms with E-state index in [1.54, 1.807) is 53.6 Å². The Labute approximate surface area is 260 Å². The Hall–Kier alpha value is -5.13. The van der Waals surface area contributed by atoms with E-state index in [0.29, 0.717) is 49.1 Å². The second-order valence-electron chi connectivity index (χ2n) is 9.93. The molecule has 6 aromatic rings. The number of anilines is 1. The molecule has 0 unspecified atom stereocenters. The molecule has 0 aliphatic rings. The van der Waals surface area contributed by atoms with Crippen LogP contribution in [0.3, 0.4) is 0 Å². The molecule has 0 saturated heterocycles. The van der Waals surface area contributed by atoms with Crippen LogP contribution in [-0.4, -0.2) is 30.6 Å². The van der Waals surface area contributed by atoms with Crippen LogP contribution in [0.15, 0.2) is 79.9 Å². The van der Waals surface area contributed by atoms with E-state index < -0.39 is 5.82 Å². The number of nitrogens with one attached hydrogen (secondary N) is 1. The number of aryl methyl sites for hydroxylation is 2. The molecule has 12 heteroatoms. The topological polar surface area (TPSA) is 121 Å². The van der Waals surface area contributed by atoms with E-state index in [9.17, 15) is 4.79 Å². The van der Waals surface area contributed by atoms with Gasteiger partial charge in [-0.15, -0.1) is 11.3 Å². The Morgan fingerprint density at radius 1 is 1.16 bits per heavy atom. The first-order valence-corrected chi connectivity index (χ1v) is 14.6. The fourth-order valence-corrected chi connectivity index (χ4v) is 6.39. The van der Waals surface area contributed by atoms with Gasteiger partial charge in [-0.05, 0) is 48.4 Å². The molecule has 0 aliphatic heterocycles. The standard InChI is InChI=1S/C32H25ClFN7O2S/c1-4-26(42)37-13-18-5-7-21(24(34)11-18)29-27(19-6-8-25(23(33)12-19)43-32-36-10-9-17(2)40-32)28-30(44-29)22(15-38-31(28)35)20-14-39-41(3)16-20/h4-12,14-16H,1,13H2,2-3H3,(H2,35,38)(H,37,42). The van der Waals surface area contributed by atoms with Crippen LogP contribution in [0.25, 0.3) is 42.8 Å². The van der Waals surface area contributed by atoms with Gasteiger partial charge in [-0.3, -0.25) is 9.48 Å². The Morgan fingerprint density at radius 3 is 2.70 bits per heavy atom. The van der Waals surface area contributed by atoms with E-state index in [1.807, 2.05) is 26.2 Å².